The maximum absolute atomic E-state index is 15.9. The van der Waals surface area contributed by atoms with E-state index in [0.717, 1.165) is 35.1 Å². The second kappa shape index (κ2) is 14.2. The quantitative estimate of drug-likeness (QED) is 0.258. The molecule has 2 bridgehead atoms. The first-order valence-corrected chi connectivity index (χ1v) is 14.7. The van der Waals surface area contributed by atoms with Crippen molar-refractivity contribution in [3.05, 3.63) is 143 Å². The highest BCUT2D eigenvalue weighted by atomic mass is 19.1. The third-order valence-corrected chi connectivity index (χ3v) is 8.02. The van der Waals surface area contributed by atoms with Crippen LogP contribution in [-0.4, -0.2) is 37.4 Å². The third kappa shape index (κ3) is 7.14. The lowest BCUT2D eigenvalue weighted by Crippen LogP contribution is -2.60. The Hall–Kier alpha value is -3.39. The van der Waals surface area contributed by atoms with Gasteiger partial charge in [0.1, 0.15) is 24.4 Å². The molecule has 0 saturated carbocycles. The molecule has 2 heterocycles. The molecule has 0 amide bonds. The van der Waals surface area contributed by atoms with E-state index in [-0.39, 0.29) is 13.2 Å². The fourth-order valence-corrected chi connectivity index (χ4v) is 5.72. The first kappa shape index (κ1) is 28.7. The molecule has 4 aromatic carbocycles. The van der Waals surface area contributed by atoms with Gasteiger partial charge in [0, 0.05) is 0 Å². The van der Waals surface area contributed by atoms with Crippen molar-refractivity contribution >= 4 is 0 Å². The van der Waals surface area contributed by atoms with Gasteiger partial charge in [0.15, 0.2) is 0 Å². The van der Waals surface area contributed by atoms with Crippen LogP contribution in [0.5, 0.6) is 0 Å². The first-order chi connectivity index (χ1) is 20.7. The van der Waals surface area contributed by atoms with Gasteiger partial charge in [0.25, 0.3) is 0 Å². The normalized spacial score (nSPS) is 24.6. The predicted octanol–water partition coefficient (Wildman–Crippen LogP) is 6.75. The first-order valence-electron chi connectivity index (χ1n) is 14.7. The van der Waals surface area contributed by atoms with Crippen LogP contribution in [0.1, 0.15) is 33.4 Å². The van der Waals surface area contributed by atoms with Crippen molar-refractivity contribution < 1.29 is 28.1 Å². The van der Waals surface area contributed by atoms with E-state index in [1.165, 1.54) is 11.1 Å². The fourth-order valence-electron chi connectivity index (χ4n) is 5.72. The van der Waals surface area contributed by atoms with E-state index < -0.39 is 30.8 Å². The molecule has 0 unspecified atom stereocenters. The molecule has 0 N–H and O–H groups in total. The van der Waals surface area contributed by atoms with Crippen LogP contribution < -0.4 is 0 Å². The largest absolute Gasteiger partial charge is 0.374 e. The van der Waals surface area contributed by atoms with Gasteiger partial charge >= 0.3 is 0 Å². The molecular formula is C36H37FO5. The molecule has 5 atom stereocenters. The van der Waals surface area contributed by atoms with E-state index in [9.17, 15) is 0 Å². The number of fused-ring (bicyclic) bond motifs is 4. The van der Waals surface area contributed by atoms with Crippen LogP contribution in [0, 0.1) is 0 Å². The summed E-state index contributed by atoms with van der Waals surface area (Å²) in [7, 11) is 0. The minimum Gasteiger partial charge on any atom is -0.374 e. The molecule has 42 heavy (non-hydrogen) atoms. The van der Waals surface area contributed by atoms with Crippen molar-refractivity contribution in [3.63, 3.8) is 0 Å². The zero-order valence-electron chi connectivity index (χ0n) is 23.6. The molecule has 5 nitrogen and oxygen atoms in total. The van der Waals surface area contributed by atoms with Gasteiger partial charge in [-0.2, -0.15) is 0 Å². The number of aryl methyl sites for hydroxylation is 2. The van der Waals surface area contributed by atoms with Crippen LogP contribution in [0.15, 0.2) is 109 Å². The van der Waals surface area contributed by atoms with Gasteiger partial charge in [-0.05, 0) is 46.2 Å². The van der Waals surface area contributed by atoms with E-state index in [2.05, 4.69) is 36.4 Å². The maximum atomic E-state index is 15.9. The Morgan fingerprint density at radius 1 is 0.595 bits per heavy atom. The van der Waals surface area contributed by atoms with Gasteiger partial charge in [0.2, 0.25) is 6.36 Å². The third-order valence-electron chi connectivity index (χ3n) is 8.02. The number of hydrogen-bond acceptors (Lipinski definition) is 5. The lowest BCUT2D eigenvalue weighted by molar-refractivity contribution is -0.298. The molecule has 1 fully saturated rings. The fraction of sp³-hybridized carbons (Fsp3) is 0.333. The smallest absolute Gasteiger partial charge is 0.228 e. The summed E-state index contributed by atoms with van der Waals surface area (Å²) in [5.74, 6) is 0. The molecule has 0 spiro atoms. The van der Waals surface area contributed by atoms with Gasteiger partial charge < -0.3 is 23.7 Å². The standard InChI is InChI=1S/C36H37FO5/c37-36-35(40-22-27-13-5-2-6-14-27)34-33(39-21-26-11-3-1-4-12-26)32(42-36)25-38-23-30-17-9-7-15-28(30)19-20-29-16-8-10-18-31(29)24-41-34/h1-18,32-36H,19-25H2/t32-,33-,34+,35-,36+/m1/s1. The van der Waals surface area contributed by atoms with E-state index in [1.54, 1.807) is 0 Å². The summed E-state index contributed by atoms with van der Waals surface area (Å²) in [6, 6.07) is 36.3. The topological polar surface area (TPSA) is 46.2 Å². The second-order valence-corrected chi connectivity index (χ2v) is 10.9. The second-order valence-electron chi connectivity index (χ2n) is 10.9. The van der Waals surface area contributed by atoms with Crippen molar-refractivity contribution in [1.29, 1.82) is 0 Å². The number of hydrogen-bond donors (Lipinski definition) is 0. The minimum atomic E-state index is -1.71. The molecule has 2 aliphatic heterocycles. The summed E-state index contributed by atoms with van der Waals surface area (Å²) in [4.78, 5) is 0. The van der Waals surface area contributed by atoms with Crippen LogP contribution in [0.2, 0.25) is 0 Å². The Morgan fingerprint density at radius 3 is 1.69 bits per heavy atom. The summed E-state index contributed by atoms with van der Waals surface area (Å²) in [6.45, 7) is 1.43. The average molecular weight is 569 g/mol. The van der Waals surface area contributed by atoms with Crippen molar-refractivity contribution in [1.82, 2.24) is 0 Å². The van der Waals surface area contributed by atoms with Gasteiger partial charge in [-0.1, -0.05) is 109 Å². The van der Waals surface area contributed by atoms with Gasteiger partial charge in [0.05, 0.1) is 33.0 Å². The highest BCUT2D eigenvalue weighted by molar-refractivity contribution is 5.31. The van der Waals surface area contributed by atoms with Gasteiger partial charge in [-0.3, -0.25) is 0 Å². The molecule has 0 aromatic heterocycles. The Morgan fingerprint density at radius 2 is 1.10 bits per heavy atom. The molecule has 1 saturated heterocycles. The Labute approximate surface area is 247 Å². The number of ether oxygens (including phenoxy) is 5. The SMILES string of the molecule is F[C@H]1O[C@@H]2COCc3ccccc3CCc3ccccc3CO[C@H]([C@H]1OCc1ccccc1)[C@@H]2OCc1ccccc1. The molecular weight excluding hydrogens is 531 g/mol. The summed E-state index contributed by atoms with van der Waals surface area (Å²) < 4.78 is 47.3. The Bertz CT molecular complexity index is 1400. The van der Waals surface area contributed by atoms with Crippen LogP contribution in [0.3, 0.4) is 0 Å². The zero-order chi connectivity index (χ0) is 28.6. The molecule has 2 aliphatic rings. The van der Waals surface area contributed by atoms with E-state index in [4.69, 9.17) is 23.7 Å². The maximum Gasteiger partial charge on any atom is 0.228 e. The van der Waals surface area contributed by atoms with Gasteiger partial charge in [-0.15, -0.1) is 0 Å². The van der Waals surface area contributed by atoms with Crippen LogP contribution >= 0.6 is 0 Å². The summed E-state index contributed by atoms with van der Waals surface area (Å²) in [5.41, 5.74) is 6.59. The van der Waals surface area contributed by atoms with Crippen molar-refractivity contribution in [3.8, 4) is 0 Å². The number of benzene rings is 4. The van der Waals surface area contributed by atoms with E-state index in [0.29, 0.717) is 19.8 Å². The lowest BCUT2D eigenvalue weighted by atomic mass is 9.96. The number of alkyl halides is 1. The monoisotopic (exact) mass is 568 g/mol. The Kier molecular flexibility index (Phi) is 9.70. The molecule has 6 heteroatoms. The molecule has 0 radical (unpaired) electrons. The van der Waals surface area contributed by atoms with Crippen molar-refractivity contribution in [2.75, 3.05) is 6.61 Å². The molecule has 0 aliphatic carbocycles. The van der Waals surface area contributed by atoms with E-state index >= 15 is 4.39 Å². The predicted molar refractivity (Wildman–Crippen MR) is 158 cm³/mol. The van der Waals surface area contributed by atoms with Gasteiger partial charge in [-0.25, -0.2) is 4.39 Å². The van der Waals surface area contributed by atoms with E-state index in [1.807, 2.05) is 72.8 Å². The average Bonchev–Trinajstić information content (AvgIpc) is 3.03. The number of halogens is 1. The molecule has 4 aromatic rings. The molecule has 6 rings (SSSR count). The lowest BCUT2D eigenvalue weighted by Gasteiger charge is -2.43. The molecule has 218 valence electrons. The summed E-state index contributed by atoms with van der Waals surface area (Å²) >= 11 is 0. The van der Waals surface area contributed by atoms with Crippen LogP contribution in [0.25, 0.3) is 0 Å². The van der Waals surface area contributed by atoms with Crippen molar-refractivity contribution in [2.24, 2.45) is 0 Å². The Balaban J connectivity index is 1.32. The zero-order valence-corrected chi connectivity index (χ0v) is 23.6. The van der Waals surface area contributed by atoms with Crippen LogP contribution in [-0.2, 0) is 63.0 Å². The summed E-state index contributed by atoms with van der Waals surface area (Å²) in [5, 5.41) is 0. The highest BCUT2D eigenvalue weighted by Crippen LogP contribution is 2.32. The van der Waals surface area contributed by atoms with Crippen molar-refractivity contribution in [2.45, 2.75) is 70.0 Å². The summed E-state index contributed by atoms with van der Waals surface area (Å²) in [6.07, 6.45) is -2.97. The van der Waals surface area contributed by atoms with Crippen LogP contribution in [0.4, 0.5) is 4.39 Å². The minimum absolute atomic E-state index is 0.163. The highest BCUT2D eigenvalue weighted by Gasteiger charge is 2.49. The number of rotatable bonds is 6.